The van der Waals surface area contributed by atoms with Gasteiger partial charge >= 0.3 is 4.87 Å². The number of amides is 2. The van der Waals surface area contributed by atoms with Crippen molar-refractivity contribution in [3.8, 4) is 5.75 Å². The van der Waals surface area contributed by atoms with E-state index >= 15 is 0 Å². The molecule has 2 saturated carbocycles. The van der Waals surface area contributed by atoms with Gasteiger partial charge in [-0.2, -0.15) is 0 Å². The number of imide groups is 1. The highest BCUT2D eigenvalue weighted by Gasteiger charge is 2.69. The molecule has 9 nitrogen and oxygen atoms in total. The summed E-state index contributed by atoms with van der Waals surface area (Å²) in [7, 11) is 1.63. The minimum absolute atomic E-state index is 0.00161. The van der Waals surface area contributed by atoms with Crippen molar-refractivity contribution < 1.29 is 19.2 Å². The number of nitro benzene ring substituents is 1. The number of fused-ring (bicyclic) bond motifs is 9. The first-order chi connectivity index (χ1) is 17.9. The van der Waals surface area contributed by atoms with Crippen molar-refractivity contribution >= 4 is 46.3 Å². The number of anilines is 1. The number of methoxy groups -OCH3 is 1. The molecule has 1 aromatic heterocycles. The molecule has 1 saturated heterocycles. The predicted octanol–water partition coefficient (Wildman–Crippen LogP) is 4.03. The van der Waals surface area contributed by atoms with Crippen molar-refractivity contribution in [1.82, 2.24) is 4.98 Å². The number of para-hydroxylation sites is 1. The Morgan fingerprint density at radius 1 is 1.03 bits per heavy atom. The first-order valence-electron chi connectivity index (χ1n) is 12.0. The number of rotatable bonds is 4. The lowest BCUT2D eigenvalue weighted by molar-refractivity contribution is -0.384. The van der Waals surface area contributed by atoms with Crippen LogP contribution in [-0.2, 0) is 9.59 Å². The normalized spacial score (nSPS) is 31.3. The van der Waals surface area contributed by atoms with E-state index in [-0.39, 0.29) is 51.3 Å². The minimum atomic E-state index is -0.505. The van der Waals surface area contributed by atoms with E-state index in [0.717, 1.165) is 27.6 Å². The third-order valence-corrected chi connectivity index (χ3v) is 11.1. The van der Waals surface area contributed by atoms with Crippen LogP contribution in [0.5, 0.6) is 5.75 Å². The second kappa shape index (κ2) is 8.03. The van der Waals surface area contributed by atoms with Gasteiger partial charge in [-0.3, -0.25) is 29.4 Å². The molecule has 11 heteroatoms. The summed E-state index contributed by atoms with van der Waals surface area (Å²) < 4.78 is 5.71. The van der Waals surface area contributed by atoms with Crippen LogP contribution in [0.2, 0.25) is 0 Å². The molecule has 3 heterocycles. The van der Waals surface area contributed by atoms with Crippen LogP contribution in [0, 0.1) is 39.7 Å². The Morgan fingerprint density at radius 3 is 2.43 bits per heavy atom. The summed E-state index contributed by atoms with van der Waals surface area (Å²) in [4.78, 5) is 55.5. The summed E-state index contributed by atoms with van der Waals surface area (Å²) in [5, 5.41) is 12.0. The topological polar surface area (TPSA) is 123 Å². The molecule has 2 bridgehead atoms. The van der Waals surface area contributed by atoms with Gasteiger partial charge in [0.2, 0.25) is 11.8 Å². The quantitative estimate of drug-likeness (QED) is 0.304. The summed E-state index contributed by atoms with van der Waals surface area (Å²) in [6.45, 7) is 0. The van der Waals surface area contributed by atoms with E-state index in [4.69, 9.17) is 4.74 Å². The van der Waals surface area contributed by atoms with Gasteiger partial charge in [-0.25, -0.2) is 0 Å². The molecular weight excluding hydrogens is 514 g/mol. The smallest absolute Gasteiger partial charge is 0.305 e. The molecule has 2 aliphatic heterocycles. The number of carbonyl (C=O) groups is 2. The molecule has 1 N–H and O–H groups in total. The van der Waals surface area contributed by atoms with Crippen LogP contribution in [0.4, 0.5) is 11.4 Å². The zero-order valence-corrected chi connectivity index (χ0v) is 21.2. The van der Waals surface area contributed by atoms with Crippen LogP contribution < -0.4 is 14.5 Å². The van der Waals surface area contributed by atoms with E-state index in [1.54, 1.807) is 18.9 Å². The Morgan fingerprint density at radius 2 is 1.73 bits per heavy atom. The SMILES string of the molecule is COc1ccccc1[C@H]1c2sc(=O)[nH]c2S[C@@H]2[C@H]3C[C@@H]([C@@H]4C(=O)N(c5ccc([N+](=O)[O-])cc5)C(=O)[C@H]34)[C@H]12. The first-order valence-corrected chi connectivity index (χ1v) is 13.7. The third-order valence-electron chi connectivity index (χ3n) is 8.52. The van der Waals surface area contributed by atoms with Crippen LogP contribution in [0.1, 0.15) is 22.8 Å². The van der Waals surface area contributed by atoms with Gasteiger partial charge in [-0.1, -0.05) is 29.5 Å². The number of hydrogen-bond acceptors (Lipinski definition) is 8. The molecule has 0 spiro atoms. The molecule has 0 unspecified atom stereocenters. The zero-order chi connectivity index (χ0) is 25.6. The molecule has 2 aliphatic carbocycles. The fraction of sp³-hybridized carbons (Fsp3) is 0.346. The minimum Gasteiger partial charge on any atom is -0.496 e. The van der Waals surface area contributed by atoms with Crippen LogP contribution in [-0.4, -0.2) is 34.1 Å². The lowest BCUT2D eigenvalue weighted by Crippen LogP contribution is -2.42. The second-order valence-corrected chi connectivity index (χ2v) is 12.2. The van der Waals surface area contributed by atoms with Crippen molar-refractivity contribution in [2.75, 3.05) is 12.0 Å². The molecule has 0 radical (unpaired) electrons. The van der Waals surface area contributed by atoms with E-state index in [2.05, 4.69) is 4.98 Å². The number of benzene rings is 2. The summed E-state index contributed by atoms with van der Waals surface area (Å²) in [5.41, 5.74) is 1.27. The lowest BCUT2D eigenvalue weighted by atomic mass is 9.68. The van der Waals surface area contributed by atoms with Crippen molar-refractivity contribution in [3.63, 3.8) is 0 Å². The van der Waals surface area contributed by atoms with E-state index in [9.17, 15) is 24.5 Å². The molecule has 7 atom stereocenters. The average Bonchev–Trinajstić information content (AvgIpc) is 3.63. The van der Waals surface area contributed by atoms with E-state index in [0.29, 0.717) is 5.69 Å². The predicted molar refractivity (Wildman–Crippen MR) is 137 cm³/mol. The lowest BCUT2D eigenvalue weighted by Gasteiger charge is -2.43. The molecule has 2 amide bonds. The number of carbonyl (C=O) groups excluding carboxylic acids is 2. The highest BCUT2D eigenvalue weighted by Crippen LogP contribution is 2.69. The number of H-pyrrole nitrogens is 1. The summed E-state index contributed by atoms with van der Waals surface area (Å²) in [6.07, 6.45) is 0.786. The van der Waals surface area contributed by atoms with Crippen LogP contribution >= 0.6 is 23.1 Å². The van der Waals surface area contributed by atoms with Crippen molar-refractivity contribution in [1.29, 1.82) is 0 Å². The van der Waals surface area contributed by atoms with E-state index in [1.807, 2.05) is 24.3 Å². The Hall–Kier alpha value is -3.44. The van der Waals surface area contributed by atoms with Gasteiger partial charge < -0.3 is 9.72 Å². The number of nitro groups is 1. The fourth-order valence-corrected chi connectivity index (χ4v) is 10.1. The number of nitrogens with zero attached hydrogens (tertiary/aromatic N) is 2. The number of thioether (sulfide) groups is 1. The van der Waals surface area contributed by atoms with Crippen molar-refractivity contribution in [3.05, 3.63) is 78.8 Å². The summed E-state index contributed by atoms with van der Waals surface area (Å²) >= 11 is 2.85. The molecule has 188 valence electrons. The molecule has 37 heavy (non-hydrogen) atoms. The Bertz CT molecular complexity index is 1530. The van der Waals surface area contributed by atoms with E-state index in [1.165, 1.54) is 40.5 Å². The number of thiazole rings is 1. The Balaban J connectivity index is 1.31. The van der Waals surface area contributed by atoms with Gasteiger partial charge in [-0.15, -0.1) is 11.8 Å². The molecule has 7 rings (SSSR count). The van der Waals surface area contributed by atoms with Crippen molar-refractivity contribution in [2.45, 2.75) is 22.6 Å². The number of aromatic amines is 1. The van der Waals surface area contributed by atoms with Gasteiger partial charge in [0.15, 0.2) is 0 Å². The fourth-order valence-electron chi connectivity index (χ4n) is 7.27. The molecule has 4 aliphatic rings. The van der Waals surface area contributed by atoms with Gasteiger partial charge in [-0.05, 0) is 42.4 Å². The van der Waals surface area contributed by atoms with Gasteiger partial charge in [0.25, 0.3) is 5.69 Å². The zero-order valence-electron chi connectivity index (χ0n) is 19.5. The average molecular weight is 536 g/mol. The molecule has 3 fully saturated rings. The number of hydrogen-bond donors (Lipinski definition) is 1. The van der Waals surface area contributed by atoms with E-state index < -0.39 is 16.8 Å². The Labute approximate surface area is 219 Å². The maximum Gasteiger partial charge on any atom is 0.305 e. The molecule has 3 aromatic rings. The largest absolute Gasteiger partial charge is 0.496 e. The molecule has 2 aromatic carbocycles. The number of nitrogens with one attached hydrogen (secondary N) is 1. The van der Waals surface area contributed by atoms with Crippen LogP contribution in [0.15, 0.2) is 58.4 Å². The van der Waals surface area contributed by atoms with Gasteiger partial charge in [0, 0.05) is 33.7 Å². The van der Waals surface area contributed by atoms with Crippen LogP contribution in [0.25, 0.3) is 0 Å². The van der Waals surface area contributed by atoms with Gasteiger partial charge in [0.1, 0.15) is 5.75 Å². The number of aromatic nitrogens is 1. The highest BCUT2D eigenvalue weighted by atomic mass is 32.2. The Kier molecular flexibility index (Phi) is 4.93. The summed E-state index contributed by atoms with van der Waals surface area (Å²) in [6, 6.07) is 13.4. The molecular formula is C26H21N3O6S2. The number of non-ortho nitro benzene ring substituents is 1. The highest BCUT2D eigenvalue weighted by molar-refractivity contribution is 8.00. The third kappa shape index (κ3) is 3.07. The number of ether oxygens (including phenoxy) is 1. The van der Waals surface area contributed by atoms with Gasteiger partial charge in [0.05, 0.1) is 34.6 Å². The maximum atomic E-state index is 13.8. The second-order valence-electron chi connectivity index (χ2n) is 9.99. The standard InChI is InChI=1S/C26H21N3O6S2/c1-35-16-5-3-2-4-13(16)17-18-14-10-15(21(18)36-23-22(17)37-26(32)27-23)20-19(14)24(30)28(25(20)31)11-6-8-12(9-7-11)29(33)34/h2-9,14-15,17-21H,10H2,1H3,(H,27,32)/t14-,15+,17-,18-,19+,20-,21-/m1/s1. The van der Waals surface area contributed by atoms with Crippen LogP contribution in [0.3, 0.4) is 0 Å². The first kappa shape index (κ1) is 22.7. The van der Waals surface area contributed by atoms with Crippen molar-refractivity contribution in [2.24, 2.45) is 29.6 Å². The summed E-state index contributed by atoms with van der Waals surface area (Å²) in [5.74, 6) is -0.652. The monoisotopic (exact) mass is 535 g/mol. The maximum absolute atomic E-state index is 13.8.